The van der Waals surface area contributed by atoms with E-state index in [4.69, 9.17) is 0 Å². The Morgan fingerprint density at radius 2 is 1.65 bits per heavy atom. The summed E-state index contributed by atoms with van der Waals surface area (Å²) in [6.45, 7) is 16.5. The Morgan fingerprint density at radius 3 is 2.04 bits per heavy atom. The summed E-state index contributed by atoms with van der Waals surface area (Å²) in [6, 6.07) is 0. The average molecular weight is 334 g/mol. The summed E-state index contributed by atoms with van der Waals surface area (Å²) in [7, 11) is -3.81. The highest BCUT2D eigenvalue weighted by atomic mass is 32.2. The van der Waals surface area contributed by atoms with E-state index in [-0.39, 0.29) is 10.7 Å². The van der Waals surface area contributed by atoms with E-state index < -0.39 is 10.0 Å². The fraction of sp³-hybridized carbons (Fsp3) is 0.278. The minimum absolute atomic E-state index is 0.134. The smallest absolute Gasteiger partial charge is 0.283 e. The monoisotopic (exact) mass is 334 g/mol. The molecule has 0 atom stereocenters. The van der Waals surface area contributed by atoms with Crippen molar-refractivity contribution in [1.82, 2.24) is 5.32 Å². The van der Waals surface area contributed by atoms with E-state index in [0.717, 1.165) is 5.57 Å². The SMILES string of the molecule is C=C(C)C(=CC=CC)NC(=NS(=O)(=O)C(C=CC)=CC)C(=C)C. The highest BCUT2D eigenvalue weighted by Gasteiger charge is 2.16. The molecule has 0 unspecified atom stereocenters. The topological polar surface area (TPSA) is 58.5 Å². The van der Waals surface area contributed by atoms with Gasteiger partial charge in [0.25, 0.3) is 10.0 Å². The van der Waals surface area contributed by atoms with E-state index >= 15 is 0 Å². The summed E-state index contributed by atoms with van der Waals surface area (Å²) in [5.74, 6) is 0.188. The quantitative estimate of drug-likeness (QED) is 0.426. The average Bonchev–Trinajstić information content (AvgIpc) is 2.46. The second kappa shape index (κ2) is 9.79. The Balaban J connectivity index is 5.92. The summed E-state index contributed by atoms with van der Waals surface area (Å²) in [5, 5.41) is 3.00. The van der Waals surface area contributed by atoms with Gasteiger partial charge in [0.05, 0.1) is 4.91 Å². The van der Waals surface area contributed by atoms with Crippen LogP contribution in [0.1, 0.15) is 34.6 Å². The van der Waals surface area contributed by atoms with Crippen molar-refractivity contribution in [2.75, 3.05) is 0 Å². The normalized spacial score (nSPS) is 14.6. The van der Waals surface area contributed by atoms with Crippen molar-refractivity contribution in [2.45, 2.75) is 34.6 Å². The summed E-state index contributed by atoms with van der Waals surface area (Å²) < 4.78 is 28.7. The van der Waals surface area contributed by atoms with Crippen LogP contribution in [-0.4, -0.2) is 14.3 Å². The first-order chi connectivity index (χ1) is 10.7. The molecule has 0 fully saturated rings. The third-order valence-electron chi connectivity index (χ3n) is 2.70. The van der Waals surface area contributed by atoms with Crippen LogP contribution in [0.15, 0.2) is 75.8 Å². The van der Waals surface area contributed by atoms with Crippen LogP contribution in [0.4, 0.5) is 0 Å². The number of hydrogen-bond donors (Lipinski definition) is 1. The van der Waals surface area contributed by atoms with Gasteiger partial charge in [0.15, 0.2) is 0 Å². The Labute approximate surface area is 140 Å². The van der Waals surface area contributed by atoms with Crippen LogP contribution in [0.3, 0.4) is 0 Å². The second-order valence-electron chi connectivity index (χ2n) is 4.90. The molecule has 0 bridgehead atoms. The number of nitrogens with zero attached hydrogens (tertiary/aromatic N) is 1. The molecule has 0 aliphatic carbocycles. The first kappa shape index (κ1) is 20.9. The molecular weight excluding hydrogens is 308 g/mol. The molecule has 1 N–H and O–H groups in total. The van der Waals surface area contributed by atoms with Crippen molar-refractivity contribution in [2.24, 2.45) is 4.40 Å². The molecule has 23 heavy (non-hydrogen) atoms. The fourth-order valence-electron chi connectivity index (χ4n) is 1.49. The van der Waals surface area contributed by atoms with Gasteiger partial charge >= 0.3 is 0 Å². The van der Waals surface area contributed by atoms with E-state index in [1.807, 2.05) is 26.0 Å². The minimum atomic E-state index is -3.81. The predicted octanol–water partition coefficient (Wildman–Crippen LogP) is 4.40. The maximum atomic E-state index is 12.4. The van der Waals surface area contributed by atoms with Gasteiger partial charge in [-0.05, 0) is 57.9 Å². The molecule has 0 aromatic carbocycles. The van der Waals surface area contributed by atoms with E-state index in [9.17, 15) is 8.42 Å². The molecule has 4 nitrogen and oxygen atoms in total. The maximum Gasteiger partial charge on any atom is 0.283 e. The molecular formula is C18H26N2O2S. The zero-order valence-corrected chi connectivity index (χ0v) is 15.4. The molecule has 0 saturated heterocycles. The molecule has 0 aromatic heterocycles. The molecule has 0 radical (unpaired) electrons. The van der Waals surface area contributed by atoms with Crippen LogP contribution in [0.5, 0.6) is 0 Å². The summed E-state index contributed by atoms with van der Waals surface area (Å²) in [5.41, 5.74) is 1.94. The van der Waals surface area contributed by atoms with Gasteiger partial charge in [-0.2, -0.15) is 8.42 Å². The Hall–Kier alpha value is -2.14. The summed E-state index contributed by atoms with van der Waals surface area (Å²) in [4.78, 5) is 0.134. The third-order valence-corrected chi connectivity index (χ3v) is 4.09. The van der Waals surface area contributed by atoms with E-state index in [1.54, 1.807) is 32.9 Å². The van der Waals surface area contributed by atoms with Crippen LogP contribution in [0, 0.1) is 0 Å². The number of rotatable bonds is 7. The van der Waals surface area contributed by atoms with Crippen molar-refractivity contribution < 1.29 is 8.42 Å². The number of amidine groups is 1. The molecule has 0 saturated carbocycles. The first-order valence-corrected chi connectivity index (χ1v) is 8.69. The van der Waals surface area contributed by atoms with Crippen molar-refractivity contribution >= 4 is 15.9 Å². The van der Waals surface area contributed by atoms with Gasteiger partial charge in [-0.1, -0.05) is 37.5 Å². The van der Waals surface area contributed by atoms with Crippen molar-refractivity contribution in [1.29, 1.82) is 0 Å². The van der Waals surface area contributed by atoms with Gasteiger partial charge in [0, 0.05) is 5.70 Å². The number of allylic oxidation sites excluding steroid dienone is 7. The lowest BCUT2D eigenvalue weighted by Gasteiger charge is -2.13. The van der Waals surface area contributed by atoms with Crippen LogP contribution < -0.4 is 5.32 Å². The summed E-state index contributed by atoms with van der Waals surface area (Å²) >= 11 is 0. The Bertz CT molecular complexity index is 703. The highest BCUT2D eigenvalue weighted by molar-refractivity contribution is 7.94. The van der Waals surface area contributed by atoms with Gasteiger partial charge in [-0.15, -0.1) is 4.40 Å². The number of sulfonamides is 1. The Kier molecular flexibility index (Phi) is 8.88. The van der Waals surface area contributed by atoms with Crippen LogP contribution in [-0.2, 0) is 10.0 Å². The standard InChI is InChI=1S/C18H26N2O2S/c1-8-11-13-17(14(4)5)19-18(15(6)7)20-23(21,22)16(10-3)12-9-2/h8-13H,4,6H2,1-3,5,7H3,(H,19,20). The zero-order valence-electron chi connectivity index (χ0n) is 14.6. The highest BCUT2D eigenvalue weighted by Crippen LogP contribution is 2.13. The van der Waals surface area contributed by atoms with Crippen LogP contribution in [0.25, 0.3) is 0 Å². The van der Waals surface area contributed by atoms with Crippen LogP contribution in [0.2, 0.25) is 0 Å². The number of hydrogen-bond acceptors (Lipinski definition) is 2. The van der Waals surface area contributed by atoms with E-state index in [0.29, 0.717) is 11.3 Å². The molecule has 126 valence electrons. The molecule has 0 heterocycles. The second-order valence-corrected chi connectivity index (χ2v) is 6.50. The first-order valence-electron chi connectivity index (χ1n) is 7.25. The molecule has 0 aliphatic rings. The zero-order chi connectivity index (χ0) is 18.0. The molecule has 0 spiro atoms. The van der Waals surface area contributed by atoms with E-state index in [2.05, 4.69) is 22.9 Å². The Morgan fingerprint density at radius 1 is 1.04 bits per heavy atom. The van der Waals surface area contributed by atoms with Crippen molar-refractivity contribution in [3.8, 4) is 0 Å². The van der Waals surface area contributed by atoms with Gasteiger partial charge < -0.3 is 5.32 Å². The lowest BCUT2D eigenvalue weighted by Crippen LogP contribution is -2.25. The summed E-state index contributed by atoms with van der Waals surface area (Å²) in [6.07, 6.45) is 10.2. The molecule has 0 amide bonds. The molecule has 0 aliphatic heterocycles. The minimum Gasteiger partial charge on any atom is -0.339 e. The fourth-order valence-corrected chi connectivity index (χ4v) is 2.64. The largest absolute Gasteiger partial charge is 0.339 e. The van der Waals surface area contributed by atoms with Crippen molar-refractivity contribution in [3.05, 3.63) is 71.4 Å². The lowest BCUT2D eigenvalue weighted by atomic mass is 10.2. The van der Waals surface area contributed by atoms with Gasteiger partial charge in [0.2, 0.25) is 0 Å². The lowest BCUT2D eigenvalue weighted by molar-refractivity contribution is 0.604. The van der Waals surface area contributed by atoms with Gasteiger partial charge in [-0.3, -0.25) is 0 Å². The molecule has 5 heteroatoms. The van der Waals surface area contributed by atoms with Gasteiger partial charge in [0.1, 0.15) is 5.84 Å². The maximum absolute atomic E-state index is 12.4. The molecule has 0 rings (SSSR count). The number of nitrogens with one attached hydrogen (secondary N) is 1. The van der Waals surface area contributed by atoms with E-state index in [1.165, 1.54) is 12.2 Å². The third kappa shape index (κ3) is 7.10. The molecule has 0 aromatic rings. The van der Waals surface area contributed by atoms with Gasteiger partial charge in [-0.25, -0.2) is 0 Å². The van der Waals surface area contributed by atoms with Crippen LogP contribution >= 0.6 is 0 Å². The predicted molar refractivity (Wildman–Crippen MR) is 101 cm³/mol. The van der Waals surface area contributed by atoms with Crippen molar-refractivity contribution in [3.63, 3.8) is 0 Å².